The summed E-state index contributed by atoms with van der Waals surface area (Å²) in [5.41, 5.74) is 2.39. The summed E-state index contributed by atoms with van der Waals surface area (Å²) >= 11 is 3.62. The zero-order valence-corrected chi connectivity index (χ0v) is 12.3. The van der Waals surface area contributed by atoms with Crippen molar-refractivity contribution in [3.63, 3.8) is 0 Å². The van der Waals surface area contributed by atoms with Gasteiger partial charge in [-0.05, 0) is 48.3 Å². The number of hydrogen-bond acceptors (Lipinski definition) is 2. The molecule has 92 valence electrons. The summed E-state index contributed by atoms with van der Waals surface area (Å²) in [7, 11) is 2.02. The van der Waals surface area contributed by atoms with E-state index in [9.17, 15) is 0 Å². The summed E-state index contributed by atoms with van der Waals surface area (Å²) in [5.74, 6) is 0.686. The van der Waals surface area contributed by atoms with Crippen molar-refractivity contribution in [2.75, 3.05) is 13.1 Å². The molecule has 0 fully saturated rings. The summed E-state index contributed by atoms with van der Waals surface area (Å²) in [4.78, 5) is 0. The zero-order chi connectivity index (χ0) is 12.1. The van der Waals surface area contributed by atoms with E-state index in [1.54, 1.807) is 0 Å². The Morgan fingerprint density at radius 3 is 2.56 bits per heavy atom. The van der Waals surface area contributed by atoms with Crippen LogP contribution in [0.1, 0.15) is 31.7 Å². The van der Waals surface area contributed by atoms with Crippen molar-refractivity contribution >= 4 is 15.9 Å². The van der Waals surface area contributed by atoms with E-state index >= 15 is 0 Å². The number of nitrogens with zero attached hydrogens (tertiary/aromatic N) is 2. The van der Waals surface area contributed by atoms with E-state index < -0.39 is 0 Å². The second-order valence-electron chi connectivity index (χ2n) is 4.26. The van der Waals surface area contributed by atoms with Gasteiger partial charge in [0.2, 0.25) is 0 Å². The normalized spacial score (nSPS) is 13.1. The summed E-state index contributed by atoms with van der Waals surface area (Å²) in [6.07, 6.45) is 2.28. The predicted octanol–water partition coefficient (Wildman–Crippen LogP) is 2.67. The largest absolute Gasteiger partial charge is 0.317 e. The smallest absolute Gasteiger partial charge is 0.0738 e. The van der Waals surface area contributed by atoms with Gasteiger partial charge in [-0.2, -0.15) is 5.10 Å². The topological polar surface area (TPSA) is 29.9 Å². The van der Waals surface area contributed by atoms with Crippen molar-refractivity contribution in [3.05, 3.63) is 15.9 Å². The zero-order valence-electron chi connectivity index (χ0n) is 10.7. The standard InChI is InChI=1S/C12H22BrN3/c1-5-10(8-14-6-2)7-11-12(13)9(3)15-16(11)4/h10,14H,5-8H2,1-4H3. The van der Waals surface area contributed by atoms with E-state index in [0.29, 0.717) is 5.92 Å². The van der Waals surface area contributed by atoms with Gasteiger partial charge in [0.15, 0.2) is 0 Å². The molecule has 0 spiro atoms. The lowest BCUT2D eigenvalue weighted by atomic mass is 10.00. The van der Waals surface area contributed by atoms with Crippen LogP contribution in [0.25, 0.3) is 0 Å². The fourth-order valence-corrected chi connectivity index (χ4v) is 2.38. The van der Waals surface area contributed by atoms with E-state index in [-0.39, 0.29) is 0 Å². The third kappa shape index (κ3) is 3.32. The highest BCUT2D eigenvalue weighted by molar-refractivity contribution is 9.10. The predicted molar refractivity (Wildman–Crippen MR) is 71.7 cm³/mol. The van der Waals surface area contributed by atoms with Gasteiger partial charge in [-0.25, -0.2) is 0 Å². The van der Waals surface area contributed by atoms with Gasteiger partial charge in [0.05, 0.1) is 15.9 Å². The number of hydrogen-bond donors (Lipinski definition) is 1. The maximum atomic E-state index is 4.43. The summed E-state index contributed by atoms with van der Waals surface area (Å²) in [5, 5.41) is 7.85. The molecule has 0 aliphatic rings. The lowest BCUT2D eigenvalue weighted by Gasteiger charge is -2.15. The minimum Gasteiger partial charge on any atom is -0.317 e. The molecule has 16 heavy (non-hydrogen) atoms. The van der Waals surface area contributed by atoms with E-state index in [1.165, 1.54) is 16.6 Å². The summed E-state index contributed by atoms with van der Waals surface area (Å²) in [6, 6.07) is 0. The van der Waals surface area contributed by atoms with Crippen molar-refractivity contribution in [2.24, 2.45) is 13.0 Å². The Bertz CT molecular complexity index is 333. The molecule has 0 bridgehead atoms. The van der Waals surface area contributed by atoms with Crippen LogP contribution in [0.15, 0.2) is 4.47 Å². The van der Waals surface area contributed by atoms with Crippen molar-refractivity contribution < 1.29 is 0 Å². The fraction of sp³-hybridized carbons (Fsp3) is 0.750. The highest BCUT2D eigenvalue weighted by Crippen LogP contribution is 2.23. The summed E-state index contributed by atoms with van der Waals surface area (Å²) < 4.78 is 3.17. The number of aryl methyl sites for hydroxylation is 2. The molecule has 1 N–H and O–H groups in total. The number of halogens is 1. The van der Waals surface area contributed by atoms with Crippen LogP contribution in [0.4, 0.5) is 0 Å². The highest BCUT2D eigenvalue weighted by atomic mass is 79.9. The molecule has 1 heterocycles. The van der Waals surface area contributed by atoms with Crippen LogP contribution >= 0.6 is 15.9 Å². The molecule has 0 aliphatic heterocycles. The molecule has 0 saturated carbocycles. The lowest BCUT2D eigenvalue weighted by molar-refractivity contribution is 0.453. The first kappa shape index (κ1) is 13.7. The van der Waals surface area contributed by atoms with Gasteiger partial charge in [0, 0.05) is 7.05 Å². The fourth-order valence-electron chi connectivity index (χ4n) is 1.88. The second kappa shape index (κ2) is 6.40. The monoisotopic (exact) mass is 287 g/mol. The van der Waals surface area contributed by atoms with Crippen LogP contribution in [-0.4, -0.2) is 22.9 Å². The molecule has 4 heteroatoms. The Morgan fingerprint density at radius 2 is 2.12 bits per heavy atom. The Kier molecular flexibility index (Phi) is 5.49. The molecule has 0 aliphatic carbocycles. The third-order valence-electron chi connectivity index (χ3n) is 3.00. The van der Waals surface area contributed by atoms with Gasteiger partial charge < -0.3 is 5.32 Å². The quantitative estimate of drug-likeness (QED) is 0.872. The van der Waals surface area contributed by atoms with Gasteiger partial charge in [-0.3, -0.25) is 4.68 Å². The molecule has 0 aromatic carbocycles. The maximum Gasteiger partial charge on any atom is 0.0738 e. The van der Waals surface area contributed by atoms with Gasteiger partial charge in [0.1, 0.15) is 0 Å². The van der Waals surface area contributed by atoms with Crippen molar-refractivity contribution in [1.82, 2.24) is 15.1 Å². The van der Waals surface area contributed by atoms with Crippen LogP contribution in [0, 0.1) is 12.8 Å². The summed E-state index contributed by atoms with van der Waals surface area (Å²) in [6.45, 7) is 8.57. The first-order chi connectivity index (χ1) is 7.60. The van der Waals surface area contributed by atoms with Crippen molar-refractivity contribution in [1.29, 1.82) is 0 Å². The van der Waals surface area contributed by atoms with Gasteiger partial charge in [-0.15, -0.1) is 0 Å². The molecular formula is C12H22BrN3. The number of aromatic nitrogens is 2. The number of rotatable bonds is 6. The van der Waals surface area contributed by atoms with E-state index in [1.807, 2.05) is 18.7 Å². The van der Waals surface area contributed by atoms with Crippen LogP contribution in [0.2, 0.25) is 0 Å². The van der Waals surface area contributed by atoms with Crippen LogP contribution in [0.5, 0.6) is 0 Å². The average Bonchev–Trinajstić information content (AvgIpc) is 2.50. The molecule has 0 radical (unpaired) electrons. The SMILES string of the molecule is CCNCC(CC)Cc1c(Br)c(C)nn1C. The van der Waals surface area contributed by atoms with Crippen molar-refractivity contribution in [3.8, 4) is 0 Å². The molecule has 1 rings (SSSR count). The Hall–Kier alpha value is -0.350. The van der Waals surface area contributed by atoms with E-state index in [4.69, 9.17) is 0 Å². The average molecular weight is 288 g/mol. The minimum absolute atomic E-state index is 0.686. The Balaban J connectivity index is 2.69. The molecule has 1 aromatic heterocycles. The second-order valence-corrected chi connectivity index (χ2v) is 5.05. The third-order valence-corrected chi connectivity index (χ3v) is 4.04. The van der Waals surface area contributed by atoms with Crippen LogP contribution in [0.3, 0.4) is 0 Å². The van der Waals surface area contributed by atoms with Gasteiger partial charge in [0.25, 0.3) is 0 Å². The van der Waals surface area contributed by atoms with E-state index in [2.05, 4.69) is 40.2 Å². The Labute approximate surface area is 107 Å². The molecule has 0 amide bonds. The molecule has 1 atom stereocenters. The van der Waals surface area contributed by atoms with Crippen molar-refractivity contribution in [2.45, 2.75) is 33.6 Å². The lowest BCUT2D eigenvalue weighted by Crippen LogP contribution is -2.24. The highest BCUT2D eigenvalue weighted by Gasteiger charge is 2.15. The first-order valence-electron chi connectivity index (χ1n) is 5.98. The van der Waals surface area contributed by atoms with Crippen LogP contribution < -0.4 is 5.32 Å². The Morgan fingerprint density at radius 1 is 1.44 bits per heavy atom. The number of nitrogens with one attached hydrogen (secondary N) is 1. The van der Waals surface area contributed by atoms with Crippen LogP contribution in [-0.2, 0) is 13.5 Å². The molecule has 1 unspecified atom stereocenters. The maximum absolute atomic E-state index is 4.43. The molecule has 1 aromatic rings. The van der Waals surface area contributed by atoms with Gasteiger partial charge in [-0.1, -0.05) is 20.3 Å². The minimum atomic E-state index is 0.686. The molecule has 0 saturated heterocycles. The van der Waals surface area contributed by atoms with Gasteiger partial charge >= 0.3 is 0 Å². The first-order valence-corrected chi connectivity index (χ1v) is 6.78. The molecular weight excluding hydrogens is 266 g/mol. The molecule has 3 nitrogen and oxygen atoms in total. The van der Waals surface area contributed by atoms with E-state index in [0.717, 1.165) is 25.2 Å².